The zero-order chi connectivity index (χ0) is 14.8. The summed E-state index contributed by atoms with van der Waals surface area (Å²) in [5.41, 5.74) is 2.03. The van der Waals surface area contributed by atoms with E-state index in [1.165, 1.54) is 9.53 Å². The number of carbonyl (C=O) groups excluding carboxylic acids is 1. The summed E-state index contributed by atoms with van der Waals surface area (Å²) in [5.74, 6) is 0.580. The molecule has 3 aromatic rings. The maximum atomic E-state index is 11.8. The second-order valence-electron chi connectivity index (χ2n) is 4.65. The highest BCUT2D eigenvalue weighted by molar-refractivity contribution is 5.94. The van der Waals surface area contributed by atoms with Gasteiger partial charge in [-0.25, -0.2) is 0 Å². The third-order valence-electron chi connectivity index (χ3n) is 2.88. The molecule has 21 heavy (non-hydrogen) atoms. The van der Waals surface area contributed by atoms with Crippen LogP contribution in [0.2, 0.25) is 0 Å². The lowest BCUT2D eigenvalue weighted by atomic mass is 10.2. The van der Waals surface area contributed by atoms with E-state index in [0.29, 0.717) is 17.0 Å². The van der Waals surface area contributed by atoms with Gasteiger partial charge in [0.15, 0.2) is 11.5 Å². The zero-order valence-corrected chi connectivity index (χ0v) is 11.6. The number of amides is 1. The van der Waals surface area contributed by atoms with Crippen molar-refractivity contribution in [3.8, 4) is 0 Å². The van der Waals surface area contributed by atoms with Crippen LogP contribution in [0.25, 0.3) is 5.65 Å². The molecule has 1 aromatic carbocycles. The van der Waals surface area contributed by atoms with Crippen LogP contribution in [0, 0.1) is 0 Å². The molecule has 0 spiro atoms. The minimum Gasteiger partial charge on any atom is -0.345 e. The fraction of sp³-hybridized carbons (Fsp3) is 0.154. The van der Waals surface area contributed by atoms with Crippen molar-refractivity contribution in [3.05, 3.63) is 42.0 Å². The van der Waals surface area contributed by atoms with Crippen molar-refractivity contribution in [2.45, 2.75) is 0 Å². The van der Waals surface area contributed by atoms with Gasteiger partial charge in [0.2, 0.25) is 0 Å². The van der Waals surface area contributed by atoms with Crippen LogP contribution in [-0.4, -0.2) is 50.2 Å². The number of carbonyl (C=O) groups is 1. The molecule has 3 rings (SSSR count). The Labute approximate surface area is 120 Å². The largest absolute Gasteiger partial charge is 0.345 e. The molecule has 0 aliphatic carbocycles. The van der Waals surface area contributed by atoms with Crippen LogP contribution in [0.1, 0.15) is 10.4 Å². The van der Waals surface area contributed by atoms with Crippen molar-refractivity contribution in [3.63, 3.8) is 0 Å². The minimum absolute atomic E-state index is 0.0326. The number of nitrogens with one attached hydrogen (secondary N) is 1. The zero-order valence-electron chi connectivity index (χ0n) is 11.6. The molecule has 0 unspecified atom stereocenters. The number of tetrazole rings is 1. The van der Waals surface area contributed by atoms with Gasteiger partial charge in [0.05, 0.1) is 0 Å². The Bertz CT molecular complexity index is 779. The maximum Gasteiger partial charge on any atom is 0.253 e. The van der Waals surface area contributed by atoms with Crippen LogP contribution in [0.5, 0.6) is 0 Å². The van der Waals surface area contributed by atoms with Crippen molar-refractivity contribution < 1.29 is 4.79 Å². The van der Waals surface area contributed by atoms with Crippen molar-refractivity contribution in [1.82, 2.24) is 30.2 Å². The summed E-state index contributed by atoms with van der Waals surface area (Å²) in [6.07, 6.45) is 0. The predicted octanol–water partition coefficient (Wildman–Crippen LogP) is 0.965. The molecule has 0 aliphatic rings. The second-order valence-corrected chi connectivity index (χ2v) is 4.65. The lowest BCUT2D eigenvalue weighted by Crippen LogP contribution is -2.21. The highest BCUT2D eigenvalue weighted by Gasteiger charge is 2.07. The van der Waals surface area contributed by atoms with E-state index in [2.05, 4.69) is 25.9 Å². The summed E-state index contributed by atoms with van der Waals surface area (Å²) in [4.78, 5) is 13.3. The van der Waals surface area contributed by atoms with E-state index < -0.39 is 0 Å². The molecule has 0 atom stereocenters. The van der Waals surface area contributed by atoms with Gasteiger partial charge in [-0.1, -0.05) is 0 Å². The molecule has 8 nitrogen and oxygen atoms in total. The lowest BCUT2D eigenvalue weighted by molar-refractivity contribution is 0.0827. The molecule has 1 N–H and O–H groups in total. The first-order chi connectivity index (χ1) is 10.1. The van der Waals surface area contributed by atoms with Crippen LogP contribution in [0.15, 0.2) is 36.4 Å². The highest BCUT2D eigenvalue weighted by atomic mass is 16.2. The third kappa shape index (κ3) is 2.64. The Morgan fingerprint density at radius 3 is 2.62 bits per heavy atom. The number of hydrogen-bond acceptors (Lipinski definition) is 6. The van der Waals surface area contributed by atoms with E-state index in [0.717, 1.165) is 5.69 Å². The summed E-state index contributed by atoms with van der Waals surface area (Å²) in [6, 6.07) is 10.7. The monoisotopic (exact) mass is 283 g/mol. The molecule has 0 radical (unpaired) electrons. The normalized spacial score (nSPS) is 10.6. The van der Waals surface area contributed by atoms with Gasteiger partial charge in [-0.3, -0.25) is 4.79 Å². The Hall–Kier alpha value is -3.03. The van der Waals surface area contributed by atoms with E-state index in [4.69, 9.17) is 0 Å². The Balaban J connectivity index is 1.79. The molecule has 0 bridgehead atoms. The SMILES string of the molecule is CN(C)C(=O)c1ccc(Nc2ccc3nnnn3n2)cc1. The van der Waals surface area contributed by atoms with E-state index in [1.54, 1.807) is 38.4 Å². The van der Waals surface area contributed by atoms with E-state index in [-0.39, 0.29) is 5.91 Å². The predicted molar refractivity (Wildman–Crippen MR) is 76.3 cm³/mol. The van der Waals surface area contributed by atoms with Crippen molar-refractivity contribution in [2.24, 2.45) is 0 Å². The van der Waals surface area contributed by atoms with Gasteiger partial charge in [0, 0.05) is 25.3 Å². The Morgan fingerprint density at radius 2 is 1.90 bits per heavy atom. The summed E-state index contributed by atoms with van der Waals surface area (Å²) >= 11 is 0. The first kappa shape index (κ1) is 13.0. The van der Waals surface area contributed by atoms with E-state index in [9.17, 15) is 4.79 Å². The van der Waals surface area contributed by atoms with E-state index >= 15 is 0 Å². The number of nitrogens with zero attached hydrogens (tertiary/aromatic N) is 6. The molecule has 0 fully saturated rings. The highest BCUT2D eigenvalue weighted by Crippen LogP contribution is 2.15. The summed E-state index contributed by atoms with van der Waals surface area (Å²) in [5, 5.41) is 18.4. The molecule has 8 heteroatoms. The van der Waals surface area contributed by atoms with Gasteiger partial charge < -0.3 is 10.2 Å². The number of hydrogen-bond donors (Lipinski definition) is 1. The molecule has 106 valence electrons. The number of benzene rings is 1. The Kier molecular flexibility index (Phi) is 3.19. The second kappa shape index (κ2) is 5.16. The summed E-state index contributed by atoms with van der Waals surface area (Å²) in [6.45, 7) is 0. The van der Waals surface area contributed by atoms with Crippen LogP contribution >= 0.6 is 0 Å². The third-order valence-corrected chi connectivity index (χ3v) is 2.88. The number of fused-ring (bicyclic) bond motifs is 1. The topological polar surface area (TPSA) is 88.3 Å². The lowest BCUT2D eigenvalue weighted by Gasteiger charge is -2.11. The van der Waals surface area contributed by atoms with Crippen molar-refractivity contribution in [2.75, 3.05) is 19.4 Å². The molecule has 2 heterocycles. The minimum atomic E-state index is -0.0326. The van der Waals surface area contributed by atoms with E-state index in [1.807, 2.05) is 12.1 Å². The number of rotatable bonds is 3. The summed E-state index contributed by atoms with van der Waals surface area (Å²) < 4.78 is 1.34. The molecule has 0 aliphatic heterocycles. The first-order valence-corrected chi connectivity index (χ1v) is 6.28. The van der Waals surface area contributed by atoms with Crippen LogP contribution in [0.3, 0.4) is 0 Å². The molecule has 0 saturated heterocycles. The molecule has 0 saturated carbocycles. The van der Waals surface area contributed by atoms with Gasteiger partial charge in [0.1, 0.15) is 0 Å². The maximum absolute atomic E-state index is 11.8. The average Bonchev–Trinajstić information content (AvgIpc) is 2.95. The van der Waals surface area contributed by atoms with Gasteiger partial charge in [-0.2, -0.15) is 0 Å². The molecule has 2 aromatic heterocycles. The van der Waals surface area contributed by atoms with Crippen LogP contribution < -0.4 is 5.32 Å². The van der Waals surface area contributed by atoms with Gasteiger partial charge in [0.25, 0.3) is 5.91 Å². The standard InChI is InChI=1S/C13H13N7O/c1-19(2)13(21)9-3-5-10(6-4-9)14-11-7-8-12-15-17-18-20(12)16-11/h3-8H,1-2H3,(H,14,16). The number of anilines is 2. The molecular weight excluding hydrogens is 270 g/mol. The van der Waals surface area contributed by atoms with Crippen LogP contribution in [0.4, 0.5) is 11.5 Å². The Morgan fingerprint density at radius 1 is 1.14 bits per heavy atom. The average molecular weight is 283 g/mol. The molecular formula is C13H13N7O. The smallest absolute Gasteiger partial charge is 0.253 e. The molecule has 1 amide bonds. The van der Waals surface area contributed by atoms with Gasteiger partial charge in [-0.05, 0) is 46.8 Å². The van der Waals surface area contributed by atoms with Gasteiger partial charge >= 0.3 is 0 Å². The fourth-order valence-electron chi connectivity index (χ4n) is 1.82. The first-order valence-electron chi connectivity index (χ1n) is 6.28. The van der Waals surface area contributed by atoms with Crippen molar-refractivity contribution in [1.29, 1.82) is 0 Å². The van der Waals surface area contributed by atoms with Crippen molar-refractivity contribution >= 4 is 23.1 Å². The number of aromatic nitrogens is 5. The van der Waals surface area contributed by atoms with Gasteiger partial charge in [-0.15, -0.1) is 14.8 Å². The summed E-state index contributed by atoms with van der Waals surface area (Å²) in [7, 11) is 3.44. The van der Waals surface area contributed by atoms with Crippen LogP contribution in [-0.2, 0) is 0 Å². The quantitative estimate of drug-likeness (QED) is 0.770. The fourth-order valence-corrected chi connectivity index (χ4v) is 1.82.